The van der Waals surface area contributed by atoms with Crippen LogP contribution in [0.2, 0.25) is 0 Å². The Morgan fingerprint density at radius 2 is 1.60 bits per heavy atom. The van der Waals surface area contributed by atoms with Gasteiger partial charge in [0, 0.05) is 5.69 Å². The summed E-state index contributed by atoms with van der Waals surface area (Å²) in [6.07, 6.45) is 4.79. The summed E-state index contributed by atoms with van der Waals surface area (Å²) in [7, 11) is -3.97. The normalized spacial score (nSPS) is 14.0. The van der Waals surface area contributed by atoms with Crippen LogP contribution in [0, 0.1) is 20.8 Å². The van der Waals surface area contributed by atoms with Crippen molar-refractivity contribution in [2.24, 2.45) is 0 Å². The molecule has 0 spiro atoms. The molecular formula is C28H32N2O4S. The number of hydrogen-bond acceptors (Lipinski definition) is 4. The minimum Gasteiger partial charge on any atom is -0.490 e. The highest BCUT2D eigenvalue weighted by Gasteiger charge is 2.28. The molecule has 0 heterocycles. The molecule has 1 saturated carbocycles. The lowest BCUT2D eigenvalue weighted by Crippen LogP contribution is -2.38. The van der Waals surface area contributed by atoms with Crippen LogP contribution in [0.4, 0.5) is 11.4 Å². The summed E-state index contributed by atoms with van der Waals surface area (Å²) in [6, 6.07) is 19.3. The zero-order chi connectivity index (χ0) is 25.0. The highest BCUT2D eigenvalue weighted by atomic mass is 32.2. The highest BCUT2D eigenvalue weighted by molar-refractivity contribution is 7.92. The van der Waals surface area contributed by atoms with E-state index in [1.54, 1.807) is 48.5 Å². The summed E-state index contributed by atoms with van der Waals surface area (Å²) >= 11 is 0. The number of benzene rings is 3. The molecule has 7 heteroatoms. The van der Waals surface area contributed by atoms with Crippen molar-refractivity contribution >= 4 is 27.3 Å². The van der Waals surface area contributed by atoms with Gasteiger partial charge in [-0.1, -0.05) is 29.8 Å². The number of carbonyl (C=O) groups is 1. The molecule has 3 aromatic rings. The number of anilines is 2. The Labute approximate surface area is 208 Å². The first-order valence-electron chi connectivity index (χ1n) is 12.0. The van der Waals surface area contributed by atoms with Crippen molar-refractivity contribution in [1.82, 2.24) is 0 Å². The number of hydrogen-bond donors (Lipinski definition) is 1. The molecule has 0 radical (unpaired) electrons. The molecule has 0 aliphatic heterocycles. The quantitative estimate of drug-likeness (QED) is 0.433. The second-order valence-corrected chi connectivity index (χ2v) is 11.0. The lowest BCUT2D eigenvalue weighted by Gasteiger charge is -2.26. The predicted molar refractivity (Wildman–Crippen MR) is 140 cm³/mol. The van der Waals surface area contributed by atoms with Crippen LogP contribution >= 0.6 is 0 Å². The standard InChI is InChI=1S/C28H32N2O4S/c1-20-11-17-26(18-12-20)35(32,33)30(27-10-6-7-21(2)22(27)3)19-28(31)29-23-13-15-25(16-14-23)34-24-8-4-5-9-24/h6-7,10-18,24H,4-5,8-9,19H2,1-3H3,(H,29,31). The summed E-state index contributed by atoms with van der Waals surface area (Å²) < 4.78 is 34.4. The Morgan fingerprint density at radius 1 is 0.943 bits per heavy atom. The van der Waals surface area contributed by atoms with E-state index in [-0.39, 0.29) is 17.5 Å². The molecule has 3 aromatic carbocycles. The second-order valence-electron chi connectivity index (χ2n) is 9.14. The number of aryl methyl sites for hydroxylation is 2. The van der Waals surface area contributed by atoms with Crippen LogP contribution in [0.1, 0.15) is 42.4 Å². The molecule has 6 nitrogen and oxygen atoms in total. The van der Waals surface area contributed by atoms with Crippen molar-refractivity contribution in [1.29, 1.82) is 0 Å². The first kappa shape index (κ1) is 24.8. The predicted octanol–water partition coefficient (Wildman–Crippen LogP) is 5.77. The number of sulfonamides is 1. The van der Waals surface area contributed by atoms with Gasteiger partial charge >= 0.3 is 0 Å². The Morgan fingerprint density at radius 3 is 2.26 bits per heavy atom. The lowest BCUT2D eigenvalue weighted by molar-refractivity contribution is -0.114. The third-order valence-corrected chi connectivity index (χ3v) is 8.26. The molecule has 1 N–H and O–H groups in total. The van der Waals surface area contributed by atoms with E-state index in [0.717, 1.165) is 35.3 Å². The van der Waals surface area contributed by atoms with Crippen molar-refractivity contribution in [2.45, 2.75) is 57.5 Å². The number of nitrogens with one attached hydrogen (secondary N) is 1. The van der Waals surface area contributed by atoms with Crippen LogP contribution in [0.25, 0.3) is 0 Å². The molecule has 0 bridgehead atoms. The second kappa shape index (κ2) is 10.5. The fraction of sp³-hybridized carbons (Fsp3) is 0.321. The largest absolute Gasteiger partial charge is 0.490 e. The average Bonchev–Trinajstić information content (AvgIpc) is 3.34. The van der Waals surface area contributed by atoms with E-state index < -0.39 is 15.9 Å². The number of nitrogens with zero attached hydrogens (tertiary/aromatic N) is 1. The van der Waals surface area contributed by atoms with Crippen LogP contribution in [0.15, 0.2) is 71.6 Å². The van der Waals surface area contributed by atoms with E-state index in [0.29, 0.717) is 11.4 Å². The van der Waals surface area contributed by atoms with E-state index in [1.165, 1.54) is 17.1 Å². The van der Waals surface area contributed by atoms with Gasteiger partial charge in [-0.3, -0.25) is 9.10 Å². The number of ether oxygens (including phenoxy) is 1. The third kappa shape index (κ3) is 5.85. The van der Waals surface area contributed by atoms with Crippen molar-refractivity contribution in [2.75, 3.05) is 16.2 Å². The Bertz CT molecular complexity index is 1280. The van der Waals surface area contributed by atoms with Crippen LogP contribution in [-0.2, 0) is 14.8 Å². The molecule has 0 saturated heterocycles. The van der Waals surface area contributed by atoms with Crippen LogP contribution in [0.3, 0.4) is 0 Å². The lowest BCUT2D eigenvalue weighted by atomic mass is 10.1. The zero-order valence-electron chi connectivity index (χ0n) is 20.5. The number of rotatable bonds is 8. The maximum atomic E-state index is 13.6. The molecule has 1 aliphatic rings. The molecule has 35 heavy (non-hydrogen) atoms. The third-order valence-electron chi connectivity index (χ3n) is 6.48. The average molecular weight is 493 g/mol. The van der Waals surface area contributed by atoms with Gasteiger partial charge in [-0.2, -0.15) is 0 Å². The van der Waals surface area contributed by atoms with Crippen LogP contribution in [0.5, 0.6) is 5.75 Å². The first-order chi connectivity index (χ1) is 16.7. The van der Waals surface area contributed by atoms with E-state index in [1.807, 2.05) is 39.0 Å². The summed E-state index contributed by atoms with van der Waals surface area (Å²) in [6.45, 7) is 5.34. The minimum atomic E-state index is -3.97. The fourth-order valence-corrected chi connectivity index (χ4v) is 5.77. The zero-order valence-corrected chi connectivity index (χ0v) is 21.3. The van der Waals surface area contributed by atoms with Crippen LogP contribution in [-0.4, -0.2) is 27.0 Å². The fourth-order valence-electron chi connectivity index (χ4n) is 4.29. The number of amides is 1. The van der Waals surface area contributed by atoms with E-state index >= 15 is 0 Å². The van der Waals surface area contributed by atoms with E-state index in [9.17, 15) is 13.2 Å². The molecule has 184 valence electrons. The molecule has 1 aliphatic carbocycles. The smallest absolute Gasteiger partial charge is 0.264 e. The van der Waals surface area contributed by atoms with Crippen LogP contribution < -0.4 is 14.4 Å². The Kier molecular flexibility index (Phi) is 7.45. The van der Waals surface area contributed by atoms with E-state index in [4.69, 9.17) is 4.74 Å². The first-order valence-corrected chi connectivity index (χ1v) is 13.4. The van der Waals surface area contributed by atoms with Gasteiger partial charge < -0.3 is 10.1 Å². The molecule has 0 aromatic heterocycles. The van der Waals surface area contributed by atoms with Crippen molar-refractivity contribution < 1.29 is 17.9 Å². The van der Waals surface area contributed by atoms with Gasteiger partial charge in [0.1, 0.15) is 12.3 Å². The van der Waals surface area contributed by atoms with Gasteiger partial charge in [0.25, 0.3) is 10.0 Å². The summed E-state index contributed by atoms with van der Waals surface area (Å²) in [5, 5.41) is 2.83. The maximum Gasteiger partial charge on any atom is 0.264 e. The van der Waals surface area contributed by atoms with Gasteiger partial charge in [0.05, 0.1) is 16.7 Å². The van der Waals surface area contributed by atoms with Crippen molar-refractivity contribution in [3.63, 3.8) is 0 Å². The SMILES string of the molecule is Cc1ccc(S(=O)(=O)N(CC(=O)Nc2ccc(OC3CCCC3)cc2)c2cccc(C)c2C)cc1. The Balaban J connectivity index is 1.55. The van der Waals surface area contributed by atoms with Gasteiger partial charge in [-0.05, 0) is 100 Å². The van der Waals surface area contributed by atoms with Gasteiger partial charge in [0.15, 0.2) is 0 Å². The summed E-state index contributed by atoms with van der Waals surface area (Å²) in [5.74, 6) is 0.347. The van der Waals surface area contributed by atoms with E-state index in [2.05, 4.69) is 5.32 Å². The monoisotopic (exact) mass is 492 g/mol. The summed E-state index contributed by atoms with van der Waals surface area (Å²) in [5.41, 5.74) is 3.79. The van der Waals surface area contributed by atoms with Crippen molar-refractivity contribution in [3.8, 4) is 5.75 Å². The minimum absolute atomic E-state index is 0.144. The molecule has 1 amide bonds. The van der Waals surface area contributed by atoms with Gasteiger partial charge in [-0.15, -0.1) is 0 Å². The maximum absolute atomic E-state index is 13.6. The highest BCUT2D eigenvalue weighted by Crippen LogP contribution is 2.29. The summed E-state index contributed by atoms with van der Waals surface area (Å²) in [4.78, 5) is 13.2. The van der Waals surface area contributed by atoms with Crippen molar-refractivity contribution in [3.05, 3.63) is 83.4 Å². The molecule has 4 rings (SSSR count). The molecule has 0 atom stereocenters. The topological polar surface area (TPSA) is 75.7 Å². The Hall–Kier alpha value is -3.32. The molecule has 1 fully saturated rings. The number of carbonyl (C=O) groups excluding carboxylic acids is 1. The van der Waals surface area contributed by atoms with Gasteiger partial charge in [0.2, 0.25) is 5.91 Å². The molecule has 0 unspecified atom stereocenters. The molecular weight excluding hydrogens is 460 g/mol. The van der Waals surface area contributed by atoms with Gasteiger partial charge in [-0.25, -0.2) is 8.42 Å².